The van der Waals surface area contributed by atoms with Crippen molar-refractivity contribution in [2.45, 2.75) is 4.90 Å². The highest BCUT2D eigenvalue weighted by Crippen LogP contribution is 2.13. The molecule has 2 nitrogen and oxygen atoms in total. The maximum Gasteiger partial charge on any atom is 0.182 e. The van der Waals surface area contributed by atoms with Gasteiger partial charge in [0.15, 0.2) is 9.84 Å². The number of benzene rings is 1. The van der Waals surface area contributed by atoms with Gasteiger partial charge in [-0.05, 0) is 17.7 Å². The van der Waals surface area contributed by atoms with Crippen LogP contribution < -0.4 is 0 Å². The van der Waals surface area contributed by atoms with Gasteiger partial charge < -0.3 is 0 Å². The summed E-state index contributed by atoms with van der Waals surface area (Å²) in [7, 11) is -3.26. The average Bonchev–Trinajstić information content (AvgIpc) is 2.18. The molecule has 4 heteroatoms. The molecule has 1 aromatic carbocycles. The van der Waals surface area contributed by atoms with E-state index < -0.39 is 9.84 Å². The van der Waals surface area contributed by atoms with Crippen LogP contribution in [0.1, 0.15) is 0 Å². The van der Waals surface area contributed by atoms with Crippen LogP contribution in [0.15, 0.2) is 47.4 Å². The van der Waals surface area contributed by atoms with Crippen LogP contribution in [0.4, 0.5) is 0 Å². The van der Waals surface area contributed by atoms with Crippen LogP contribution in [-0.4, -0.2) is 20.1 Å². The van der Waals surface area contributed by atoms with Gasteiger partial charge in [-0.15, -0.1) is 11.6 Å². The second-order valence-electron chi connectivity index (χ2n) is 2.96. The zero-order valence-electron chi connectivity index (χ0n) is 7.61. The maximum absolute atomic E-state index is 11.7. The average molecular weight is 231 g/mol. The van der Waals surface area contributed by atoms with Gasteiger partial charge >= 0.3 is 0 Å². The highest BCUT2D eigenvalue weighted by Gasteiger charge is 2.14. The second kappa shape index (κ2) is 4.62. The van der Waals surface area contributed by atoms with Crippen LogP contribution in [0.5, 0.6) is 0 Å². The van der Waals surface area contributed by atoms with E-state index in [0.717, 1.165) is 0 Å². The van der Waals surface area contributed by atoms with Gasteiger partial charge in [-0.2, -0.15) is 0 Å². The molecule has 0 radical (unpaired) electrons. The van der Waals surface area contributed by atoms with E-state index in [1.165, 1.54) is 0 Å². The Morgan fingerprint density at radius 1 is 1.29 bits per heavy atom. The third-order valence-electron chi connectivity index (χ3n) is 1.69. The molecule has 0 aromatic heterocycles. The summed E-state index contributed by atoms with van der Waals surface area (Å²) in [5, 5.41) is 0. The van der Waals surface area contributed by atoms with Crippen molar-refractivity contribution in [2.24, 2.45) is 0 Å². The molecule has 76 valence electrons. The van der Waals surface area contributed by atoms with Gasteiger partial charge in [0.25, 0.3) is 0 Å². The lowest BCUT2D eigenvalue weighted by atomic mass is 10.4. The van der Waals surface area contributed by atoms with Crippen molar-refractivity contribution in [2.75, 3.05) is 11.6 Å². The molecule has 0 unspecified atom stereocenters. The molecule has 14 heavy (non-hydrogen) atoms. The predicted molar refractivity (Wildman–Crippen MR) is 58.4 cm³/mol. The topological polar surface area (TPSA) is 34.1 Å². The van der Waals surface area contributed by atoms with E-state index in [9.17, 15) is 8.42 Å². The molecule has 0 aliphatic rings. The molecule has 0 N–H and O–H groups in total. The van der Waals surface area contributed by atoms with E-state index >= 15 is 0 Å². The lowest BCUT2D eigenvalue weighted by Crippen LogP contribution is -2.09. The Kier molecular flexibility index (Phi) is 3.72. The van der Waals surface area contributed by atoms with Crippen LogP contribution in [0, 0.1) is 0 Å². The fourth-order valence-electron chi connectivity index (χ4n) is 1.02. The third kappa shape index (κ3) is 2.86. The van der Waals surface area contributed by atoms with Crippen LogP contribution in [-0.2, 0) is 9.84 Å². The van der Waals surface area contributed by atoms with E-state index in [0.29, 0.717) is 10.5 Å². The van der Waals surface area contributed by atoms with Gasteiger partial charge in [0.1, 0.15) is 0 Å². The summed E-state index contributed by atoms with van der Waals surface area (Å²) in [6.45, 7) is 3.57. The van der Waals surface area contributed by atoms with Gasteiger partial charge in [0.2, 0.25) is 0 Å². The summed E-state index contributed by atoms with van der Waals surface area (Å²) < 4.78 is 23.4. The molecule has 0 atom stereocenters. The fraction of sp³-hybridized carbons (Fsp3) is 0.200. The summed E-state index contributed by atoms with van der Waals surface area (Å²) in [4.78, 5) is 0.311. The molecular weight excluding hydrogens is 220 g/mol. The first-order valence-corrected chi connectivity index (χ1v) is 6.25. The van der Waals surface area contributed by atoms with Gasteiger partial charge in [0, 0.05) is 5.88 Å². The lowest BCUT2D eigenvalue weighted by molar-refractivity contribution is 0.598. The van der Waals surface area contributed by atoms with Crippen molar-refractivity contribution >= 4 is 21.4 Å². The first kappa shape index (κ1) is 11.3. The molecule has 1 aromatic rings. The Labute approximate surface area is 89.1 Å². The van der Waals surface area contributed by atoms with Gasteiger partial charge in [-0.3, -0.25) is 0 Å². The van der Waals surface area contributed by atoms with Gasteiger partial charge in [0.05, 0.1) is 10.6 Å². The molecule has 0 aliphatic carbocycles. The fourth-order valence-corrected chi connectivity index (χ4v) is 2.60. The highest BCUT2D eigenvalue weighted by atomic mass is 35.5. The van der Waals surface area contributed by atoms with Crippen LogP contribution >= 0.6 is 11.6 Å². The summed E-state index contributed by atoms with van der Waals surface area (Å²) >= 11 is 5.48. The molecule has 0 fully saturated rings. The van der Waals surface area contributed by atoms with Crippen molar-refractivity contribution < 1.29 is 8.42 Å². The normalized spacial score (nSPS) is 11.2. The first-order valence-electron chi connectivity index (χ1n) is 4.06. The molecule has 0 saturated carbocycles. The lowest BCUT2D eigenvalue weighted by Gasteiger charge is -2.04. The first-order chi connectivity index (χ1) is 6.56. The number of hydrogen-bond donors (Lipinski definition) is 0. The van der Waals surface area contributed by atoms with E-state index in [-0.39, 0.29) is 11.6 Å². The number of rotatable bonds is 4. The Morgan fingerprint density at radius 2 is 1.86 bits per heavy atom. The summed E-state index contributed by atoms with van der Waals surface area (Å²) in [5.74, 6) is 0.0899. The Morgan fingerprint density at radius 3 is 2.36 bits per heavy atom. The molecule has 0 heterocycles. The van der Waals surface area contributed by atoms with Crippen LogP contribution in [0.3, 0.4) is 0 Å². The second-order valence-corrected chi connectivity index (χ2v) is 5.21. The minimum atomic E-state index is -3.26. The Hall–Kier alpha value is -0.800. The Balaban J connectivity index is 2.93. The quantitative estimate of drug-likeness (QED) is 0.587. The van der Waals surface area contributed by atoms with Crippen molar-refractivity contribution in [3.8, 4) is 0 Å². The SMILES string of the molecule is C=C(CCl)CS(=O)(=O)c1ccccc1. The highest BCUT2D eigenvalue weighted by molar-refractivity contribution is 7.91. The molecule has 0 bridgehead atoms. The molecule has 1 rings (SSSR count). The van der Waals surface area contributed by atoms with Gasteiger partial charge in [-0.25, -0.2) is 8.42 Å². The summed E-state index contributed by atoms with van der Waals surface area (Å²) in [5.41, 5.74) is 0.510. The molecular formula is C10H11ClO2S. The van der Waals surface area contributed by atoms with Crippen LogP contribution in [0.2, 0.25) is 0 Å². The van der Waals surface area contributed by atoms with Crippen molar-refractivity contribution in [3.63, 3.8) is 0 Å². The molecule has 0 saturated heterocycles. The Bertz CT molecular complexity index is 409. The van der Waals surface area contributed by atoms with Crippen molar-refractivity contribution in [1.29, 1.82) is 0 Å². The standard InChI is InChI=1S/C10H11ClO2S/c1-9(7-11)8-14(12,13)10-5-3-2-4-6-10/h2-6H,1,7-8H2. The van der Waals surface area contributed by atoms with Crippen molar-refractivity contribution in [3.05, 3.63) is 42.5 Å². The van der Waals surface area contributed by atoms with E-state index in [1.54, 1.807) is 30.3 Å². The van der Waals surface area contributed by atoms with E-state index in [2.05, 4.69) is 6.58 Å². The number of sulfone groups is 1. The molecule has 0 amide bonds. The predicted octanol–water partition coefficient (Wildman–Crippen LogP) is 2.26. The number of alkyl halides is 1. The molecule has 0 aliphatic heterocycles. The van der Waals surface area contributed by atoms with Crippen molar-refractivity contribution in [1.82, 2.24) is 0 Å². The maximum atomic E-state index is 11.7. The minimum Gasteiger partial charge on any atom is -0.223 e. The minimum absolute atomic E-state index is 0.0828. The van der Waals surface area contributed by atoms with Gasteiger partial charge in [-0.1, -0.05) is 24.8 Å². The monoisotopic (exact) mass is 230 g/mol. The number of halogens is 1. The third-order valence-corrected chi connectivity index (χ3v) is 3.84. The van der Waals surface area contributed by atoms with Crippen LogP contribution in [0.25, 0.3) is 0 Å². The zero-order chi connectivity index (χ0) is 10.6. The van der Waals surface area contributed by atoms with E-state index in [4.69, 9.17) is 11.6 Å². The largest absolute Gasteiger partial charge is 0.223 e. The smallest absolute Gasteiger partial charge is 0.182 e. The summed E-state index contributed by atoms with van der Waals surface area (Å²) in [6.07, 6.45) is 0. The number of hydrogen-bond acceptors (Lipinski definition) is 2. The summed E-state index contributed by atoms with van der Waals surface area (Å²) in [6, 6.07) is 8.29. The zero-order valence-corrected chi connectivity index (χ0v) is 9.18. The van der Waals surface area contributed by atoms with E-state index in [1.807, 2.05) is 0 Å². The molecule has 0 spiro atoms.